The summed E-state index contributed by atoms with van der Waals surface area (Å²) in [6.45, 7) is 2.63. The summed E-state index contributed by atoms with van der Waals surface area (Å²) in [5.74, 6) is 6.09. The van der Waals surface area contributed by atoms with Crippen molar-refractivity contribution in [3.63, 3.8) is 0 Å². The summed E-state index contributed by atoms with van der Waals surface area (Å²) in [5.41, 5.74) is 4.46. The van der Waals surface area contributed by atoms with E-state index in [1.807, 2.05) is 42.9 Å². The fourth-order valence-electron chi connectivity index (χ4n) is 1.74. The van der Waals surface area contributed by atoms with Crippen molar-refractivity contribution < 1.29 is 0 Å². The van der Waals surface area contributed by atoms with Gasteiger partial charge in [0.05, 0.1) is 5.52 Å². The van der Waals surface area contributed by atoms with Crippen LogP contribution in [0.25, 0.3) is 10.9 Å². The van der Waals surface area contributed by atoms with Crippen molar-refractivity contribution in [1.29, 1.82) is 0 Å². The lowest BCUT2D eigenvalue weighted by atomic mass is 10.2. The van der Waals surface area contributed by atoms with Gasteiger partial charge in [0.15, 0.2) is 5.84 Å². The van der Waals surface area contributed by atoms with Gasteiger partial charge in [-0.1, -0.05) is 18.2 Å². The van der Waals surface area contributed by atoms with Crippen LogP contribution < -0.4 is 11.3 Å². The highest BCUT2D eigenvalue weighted by Gasteiger charge is 2.12. The first-order valence-electron chi connectivity index (χ1n) is 5.21. The number of amidine groups is 1. The number of aromatic nitrogens is 2. The molecule has 16 heavy (non-hydrogen) atoms. The fourth-order valence-corrected chi connectivity index (χ4v) is 1.74. The van der Waals surface area contributed by atoms with E-state index in [2.05, 4.69) is 15.5 Å². The van der Waals surface area contributed by atoms with Crippen molar-refractivity contribution in [2.45, 2.75) is 6.92 Å². The van der Waals surface area contributed by atoms with E-state index in [4.69, 9.17) is 5.84 Å². The number of nitrogens with two attached hydrogens (primary N) is 1. The summed E-state index contributed by atoms with van der Waals surface area (Å²) in [6, 6.07) is 8.00. The first-order chi connectivity index (χ1) is 7.77. The molecular formula is C11H15N5. The van der Waals surface area contributed by atoms with Crippen LogP contribution in [-0.2, 0) is 7.05 Å². The minimum atomic E-state index is 0.624. The normalized spacial score (nSPS) is 12.1. The van der Waals surface area contributed by atoms with Crippen molar-refractivity contribution in [2.75, 3.05) is 6.54 Å². The molecule has 84 valence electrons. The quantitative estimate of drug-likeness (QED) is 0.338. The summed E-state index contributed by atoms with van der Waals surface area (Å²) in [6.07, 6.45) is 0. The molecule has 1 heterocycles. The van der Waals surface area contributed by atoms with E-state index >= 15 is 0 Å². The molecule has 0 saturated heterocycles. The molecule has 2 rings (SSSR count). The topological polar surface area (TPSA) is 68.2 Å². The third-order valence-corrected chi connectivity index (χ3v) is 2.44. The van der Waals surface area contributed by atoms with Crippen LogP contribution in [0.4, 0.5) is 0 Å². The summed E-state index contributed by atoms with van der Waals surface area (Å²) >= 11 is 0. The van der Waals surface area contributed by atoms with Gasteiger partial charge in [-0.3, -0.25) is 9.67 Å². The number of aryl methyl sites for hydroxylation is 1. The minimum Gasteiger partial charge on any atom is -0.307 e. The number of fused-ring (bicyclic) bond motifs is 1. The standard InChI is InChI=1S/C11H15N5/c1-3-13-11(14-12)10-8-6-4-5-7-9(8)16(2)15-10/h4-7H,3,12H2,1-2H3,(H,13,14). The molecule has 0 aliphatic rings. The van der Waals surface area contributed by atoms with Crippen molar-refractivity contribution in [3.8, 4) is 0 Å². The molecule has 5 nitrogen and oxygen atoms in total. The second-order valence-corrected chi connectivity index (χ2v) is 3.46. The lowest BCUT2D eigenvalue weighted by Gasteiger charge is -2.01. The molecule has 0 amide bonds. The average molecular weight is 217 g/mol. The Balaban J connectivity index is 2.65. The van der Waals surface area contributed by atoms with E-state index in [0.717, 1.165) is 16.6 Å². The van der Waals surface area contributed by atoms with Gasteiger partial charge in [0.25, 0.3) is 0 Å². The third kappa shape index (κ3) is 1.65. The Morgan fingerprint density at radius 2 is 2.25 bits per heavy atom. The zero-order chi connectivity index (χ0) is 11.5. The van der Waals surface area contributed by atoms with E-state index < -0.39 is 0 Å². The molecule has 0 aliphatic carbocycles. The number of nitrogens with zero attached hydrogens (tertiary/aromatic N) is 3. The first-order valence-corrected chi connectivity index (χ1v) is 5.21. The Hall–Kier alpha value is -1.88. The highest BCUT2D eigenvalue weighted by Crippen LogP contribution is 2.17. The maximum atomic E-state index is 5.46. The van der Waals surface area contributed by atoms with Gasteiger partial charge >= 0.3 is 0 Å². The van der Waals surface area contributed by atoms with Crippen LogP contribution in [0.1, 0.15) is 12.6 Å². The summed E-state index contributed by atoms with van der Waals surface area (Å²) in [4.78, 5) is 4.28. The van der Waals surface area contributed by atoms with Crippen LogP contribution in [0.2, 0.25) is 0 Å². The zero-order valence-corrected chi connectivity index (χ0v) is 9.44. The van der Waals surface area contributed by atoms with Gasteiger partial charge in [0.1, 0.15) is 5.69 Å². The number of aliphatic imine (C=N–C) groups is 1. The molecule has 0 fully saturated rings. The number of hydrogen-bond donors (Lipinski definition) is 2. The van der Waals surface area contributed by atoms with Crippen LogP contribution in [0.5, 0.6) is 0 Å². The van der Waals surface area contributed by atoms with Crippen LogP contribution >= 0.6 is 0 Å². The molecular weight excluding hydrogens is 202 g/mol. The highest BCUT2D eigenvalue weighted by molar-refractivity contribution is 6.07. The Bertz CT molecular complexity index is 526. The lowest BCUT2D eigenvalue weighted by molar-refractivity contribution is 0.789. The lowest BCUT2D eigenvalue weighted by Crippen LogP contribution is -2.31. The average Bonchev–Trinajstić information content (AvgIpc) is 2.65. The summed E-state index contributed by atoms with van der Waals surface area (Å²) < 4.78 is 1.83. The Labute approximate surface area is 93.9 Å². The predicted molar refractivity (Wildman–Crippen MR) is 65.1 cm³/mol. The molecule has 2 aromatic rings. The van der Waals surface area contributed by atoms with Crippen LogP contribution in [0.15, 0.2) is 29.3 Å². The Kier molecular flexibility index (Phi) is 2.87. The Morgan fingerprint density at radius 3 is 2.94 bits per heavy atom. The van der Waals surface area contributed by atoms with E-state index in [0.29, 0.717) is 12.4 Å². The molecule has 0 unspecified atom stereocenters. The van der Waals surface area contributed by atoms with Gasteiger partial charge in [0, 0.05) is 19.0 Å². The van der Waals surface area contributed by atoms with Gasteiger partial charge in [-0.15, -0.1) is 0 Å². The number of hydrazine groups is 1. The van der Waals surface area contributed by atoms with E-state index in [9.17, 15) is 0 Å². The first kappa shape index (κ1) is 10.6. The second kappa shape index (κ2) is 4.32. The number of hydrogen-bond acceptors (Lipinski definition) is 3. The molecule has 1 aromatic carbocycles. The molecule has 0 bridgehead atoms. The smallest absolute Gasteiger partial charge is 0.164 e. The number of benzene rings is 1. The number of para-hydroxylation sites is 1. The van der Waals surface area contributed by atoms with Crippen molar-refractivity contribution in [3.05, 3.63) is 30.0 Å². The zero-order valence-electron chi connectivity index (χ0n) is 9.44. The maximum Gasteiger partial charge on any atom is 0.164 e. The van der Waals surface area contributed by atoms with Gasteiger partial charge in [0.2, 0.25) is 0 Å². The molecule has 0 aliphatic heterocycles. The molecule has 5 heteroatoms. The van der Waals surface area contributed by atoms with Crippen molar-refractivity contribution >= 4 is 16.7 Å². The van der Waals surface area contributed by atoms with Gasteiger partial charge < -0.3 is 5.43 Å². The van der Waals surface area contributed by atoms with Gasteiger partial charge in [-0.05, 0) is 13.0 Å². The molecule has 0 saturated carbocycles. The van der Waals surface area contributed by atoms with E-state index in [1.54, 1.807) is 0 Å². The predicted octanol–water partition coefficient (Wildman–Crippen LogP) is 0.803. The van der Waals surface area contributed by atoms with Crippen LogP contribution in [0, 0.1) is 0 Å². The third-order valence-electron chi connectivity index (χ3n) is 2.44. The largest absolute Gasteiger partial charge is 0.307 e. The molecule has 0 atom stereocenters. The molecule has 0 radical (unpaired) electrons. The second-order valence-electron chi connectivity index (χ2n) is 3.46. The minimum absolute atomic E-state index is 0.624. The van der Waals surface area contributed by atoms with Crippen molar-refractivity contribution in [2.24, 2.45) is 17.9 Å². The SMILES string of the molecule is CCN=C(NN)c1nn(C)c2ccccc12. The number of rotatable bonds is 2. The van der Waals surface area contributed by atoms with E-state index in [-0.39, 0.29) is 0 Å². The van der Waals surface area contributed by atoms with Crippen molar-refractivity contribution in [1.82, 2.24) is 15.2 Å². The van der Waals surface area contributed by atoms with Crippen LogP contribution in [-0.4, -0.2) is 22.2 Å². The number of nitrogens with one attached hydrogen (secondary N) is 1. The molecule has 1 aromatic heterocycles. The van der Waals surface area contributed by atoms with Gasteiger partial charge in [-0.2, -0.15) is 5.10 Å². The van der Waals surface area contributed by atoms with E-state index in [1.165, 1.54) is 0 Å². The molecule has 3 N–H and O–H groups in total. The summed E-state index contributed by atoms with van der Waals surface area (Å²) in [7, 11) is 1.91. The fraction of sp³-hybridized carbons (Fsp3) is 0.273. The van der Waals surface area contributed by atoms with Crippen LogP contribution in [0.3, 0.4) is 0 Å². The Morgan fingerprint density at radius 1 is 1.50 bits per heavy atom. The monoisotopic (exact) mass is 217 g/mol. The molecule has 0 spiro atoms. The van der Waals surface area contributed by atoms with Gasteiger partial charge in [-0.25, -0.2) is 5.84 Å². The highest BCUT2D eigenvalue weighted by atomic mass is 15.3. The summed E-state index contributed by atoms with van der Waals surface area (Å²) in [5, 5.41) is 5.47. The maximum absolute atomic E-state index is 5.46.